The molecule has 7 heteroatoms. The third kappa shape index (κ3) is 1.88. The molecular formula is C14H16N2O4S. The first-order valence-electron chi connectivity index (χ1n) is 6.58. The summed E-state index contributed by atoms with van der Waals surface area (Å²) in [6.45, 7) is 1.67. The summed E-state index contributed by atoms with van der Waals surface area (Å²) in [5.74, 6) is -1.11. The van der Waals surface area contributed by atoms with E-state index < -0.39 is 21.5 Å². The van der Waals surface area contributed by atoms with Gasteiger partial charge in [0.05, 0.1) is 4.90 Å². The fourth-order valence-electron chi connectivity index (χ4n) is 2.67. The van der Waals surface area contributed by atoms with Gasteiger partial charge < -0.3 is 9.67 Å². The minimum atomic E-state index is -3.80. The van der Waals surface area contributed by atoms with Crippen LogP contribution in [0.25, 0.3) is 10.9 Å². The van der Waals surface area contributed by atoms with Gasteiger partial charge in [0.15, 0.2) is 0 Å². The highest BCUT2D eigenvalue weighted by molar-refractivity contribution is 7.89. The van der Waals surface area contributed by atoms with Crippen molar-refractivity contribution in [2.75, 3.05) is 6.54 Å². The highest BCUT2D eigenvalue weighted by Crippen LogP contribution is 2.36. The number of aromatic nitrogens is 1. The average molecular weight is 308 g/mol. The smallest absolute Gasteiger partial charge is 0.324 e. The molecule has 1 aliphatic rings. The van der Waals surface area contributed by atoms with Crippen LogP contribution in [0.2, 0.25) is 0 Å². The van der Waals surface area contributed by atoms with E-state index >= 15 is 0 Å². The maximum Gasteiger partial charge on any atom is 0.324 e. The highest BCUT2D eigenvalue weighted by Gasteiger charge is 2.53. The standard InChI is InChI=1S/C14H16N2O4S/c1-14(13(17)18)6-8-16(14)21(19,20)11-4-3-10-5-7-15(2)12(10)9-11/h3-5,7,9H,6,8H2,1-2H3,(H,17,18). The second kappa shape index (κ2) is 4.32. The molecule has 0 amide bonds. The van der Waals surface area contributed by atoms with Crippen molar-refractivity contribution in [1.29, 1.82) is 0 Å². The molecule has 1 unspecified atom stereocenters. The maximum atomic E-state index is 12.7. The molecule has 112 valence electrons. The van der Waals surface area contributed by atoms with E-state index in [9.17, 15) is 18.3 Å². The molecule has 1 N–H and O–H groups in total. The second-order valence-corrected chi connectivity index (χ2v) is 7.42. The van der Waals surface area contributed by atoms with E-state index in [1.807, 2.05) is 23.9 Å². The van der Waals surface area contributed by atoms with Crippen LogP contribution in [-0.2, 0) is 21.9 Å². The number of carbonyl (C=O) groups is 1. The number of sulfonamides is 1. The minimum absolute atomic E-state index is 0.129. The predicted molar refractivity (Wildman–Crippen MR) is 77.5 cm³/mol. The maximum absolute atomic E-state index is 12.7. The molecule has 1 fully saturated rings. The molecule has 1 atom stereocenters. The van der Waals surface area contributed by atoms with Crippen molar-refractivity contribution in [3.8, 4) is 0 Å². The van der Waals surface area contributed by atoms with Crippen molar-refractivity contribution >= 4 is 26.9 Å². The minimum Gasteiger partial charge on any atom is -0.480 e. The Morgan fingerprint density at radius 1 is 1.33 bits per heavy atom. The van der Waals surface area contributed by atoms with Gasteiger partial charge in [-0.05, 0) is 36.9 Å². The van der Waals surface area contributed by atoms with E-state index in [0.717, 1.165) is 15.2 Å². The van der Waals surface area contributed by atoms with Crippen molar-refractivity contribution in [3.05, 3.63) is 30.5 Å². The van der Waals surface area contributed by atoms with Gasteiger partial charge in [0.1, 0.15) is 5.54 Å². The number of carboxylic acids is 1. The fraction of sp³-hybridized carbons (Fsp3) is 0.357. The van der Waals surface area contributed by atoms with Gasteiger partial charge in [-0.2, -0.15) is 4.31 Å². The van der Waals surface area contributed by atoms with E-state index in [4.69, 9.17) is 0 Å². The van der Waals surface area contributed by atoms with Crippen LogP contribution in [0.3, 0.4) is 0 Å². The van der Waals surface area contributed by atoms with Crippen LogP contribution in [0.15, 0.2) is 35.4 Å². The van der Waals surface area contributed by atoms with Crippen LogP contribution in [0.4, 0.5) is 0 Å². The Morgan fingerprint density at radius 3 is 2.62 bits per heavy atom. The van der Waals surface area contributed by atoms with Gasteiger partial charge in [0, 0.05) is 25.3 Å². The number of hydrogen-bond acceptors (Lipinski definition) is 3. The van der Waals surface area contributed by atoms with E-state index in [-0.39, 0.29) is 11.4 Å². The topological polar surface area (TPSA) is 79.6 Å². The van der Waals surface area contributed by atoms with Gasteiger partial charge >= 0.3 is 5.97 Å². The number of carboxylic acid groups (broad SMARTS) is 1. The summed E-state index contributed by atoms with van der Waals surface area (Å²) in [5.41, 5.74) is -0.546. The van der Waals surface area contributed by atoms with Crippen molar-refractivity contribution in [1.82, 2.24) is 8.87 Å². The molecule has 1 aromatic heterocycles. The molecule has 0 bridgehead atoms. The largest absolute Gasteiger partial charge is 0.480 e. The first-order chi connectivity index (χ1) is 9.76. The normalized spacial score (nSPS) is 23.1. The Labute approximate surface area is 122 Å². The van der Waals surface area contributed by atoms with Crippen molar-refractivity contribution in [3.63, 3.8) is 0 Å². The monoisotopic (exact) mass is 308 g/mol. The molecule has 2 heterocycles. The molecule has 21 heavy (non-hydrogen) atoms. The first-order valence-corrected chi connectivity index (χ1v) is 8.02. The van der Waals surface area contributed by atoms with Gasteiger partial charge in [-0.3, -0.25) is 4.79 Å². The number of benzene rings is 1. The van der Waals surface area contributed by atoms with Crippen molar-refractivity contribution < 1.29 is 18.3 Å². The molecule has 1 saturated heterocycles. The van der Waals surface area contributed by atoms with Gasteiger partial charge in [0.2, 0.25) is 10.0 Å². The summed E-state index contributed by atoms with van der Waals surface area (Å²) in [6, 6.07) is 6.75. The Kier molecular flexibility index (Phi) is 2.90. The van der Waals surface area contributed by atoms with Gasteiger partial charge in [0.25, 0.3) is 0 Å². The van der Waals surface area contributed by atoms with Crippen LogP contribution < -0.4 is 0 Å². The summed E-state index contributed by atoms with van der Waals surface area (Å²) in [5, 5.41) is 10.2. The zero-order valence-corrected chi connectivity index (χ0v) is 12.6. The molecular weight excluding hydrogens is 292 g/mol. The quantitative estimate of drug-likeness (QED) is 0.930. The van der Waals surface area contributed by atoms with Gasteiger partial charge in [-0.1, -0.05) is 6.07 Å². The number of aryl methyl sites for hydroxylation is 1. The lowest BCUT2D eigenvalue weighted by atomic mass is 9.90. The Hall–Kier alpha value is -1.86. The summed E-state index contributed by atoms with van der Waals surface area (Å²) in [4.78, 5) is 11.4. The molecule has 3 rings (SSSR count). The molecule has 0 spiro atoms. The SMILES string of the molecule is Cn1ccc2ccc(S(=O)(=O)N3CCC3(C)C(=O)O)cc21. The predicted octanol–water partition coefficient (Wildman–Crippen LogP) is 1.42. The van der Waals surface area contributed by atoms with Gasteiger partial charge in [-0.25, -0.2) is 8.42 Å². The highest BCUT2D eigenvalue weighted by atomic mass is 32.2. The molecule has 2 aromatic rings. The summed E-state index contributed by atoms with van der Waals surface area (Å²) >= 11 is 0. The lowest BCUT2D eigenvalue weighted by molar-refractivity contribution is -0.153. The zero-order valence-electron chi connectivity index (χ0n) is 11.8. The van der Waals surface area contributed by atoms with Crippen molar-refractivity contribution in [2.24, 2.45) is 7.05 Å². The molecule has 0 radical (unpaired) electrons. The molecule has 0 saturated carbocycles. The van der Waals surface area contributed by atoms with E-state index in [0.29, 0.717) is 6.42 Å². The lowest BCUT2D eigenvalue weighted by Crippen LogP contribution is -2.64. The van der Waals surface area contributed by atoms with Crippen LogP contribution in [-0.4, -0.2) is 40.4 Å². The van der Waals surface area contributed by atoms with Gasteiger partial charge in [-0.15, -0.1) is 0 Å². The number of fused-ring (bicyclic) bond motifs is 1. The molecule has 1 aliphatic heterocycles. The van der Waals surface area contributed by atoms with E-state index in [2.05, 4.69) is 0 Å². The average Bonchev–Trinajstić information content (AvgIpc) is 2.77. The lowest BCUT2D eigenvalue weighted by Gasteiger charge is -2.45. The molecule has 0 aliphatic carbocycles. The van der Waals surface area contributed by atoms with Crippen LogP contribution >= 0.6 is 0 Å². The third-order valence-corrected chi connectivity index (χ3v) is 6.28. The van der Waals surface area contributed by atoms with Crippen molar-refractivity contribution in [2.45, 2.75) is 23.8 Å². The Morgan fingerprint density at radius 2 is 2.05 bits per heavy atom. The van der Waals surface area contributed by atoms with E-state index in [1.165, 1.54) is 13.0 Å². The Bertz CT molecular complexity index is 840. The summed E-state index contributed by atoms with van der Waals surface area (Å²) in [7, 11) is -1.96. The third-order valence-electron chi connectivity index (χ3n) is 4.26. The number of aliphatic carboxylic acids is 1. The van der Waals surface area contributed by atoms with Crippen LogP contribution in [0.1, 0.15) is 13.3 Å². The summed E-state index contributed by atoms with van der Waals surface area (Å²) < 4.78 is 28.2. The van der Waals surface area contributed by atoms with Crippen LogP contribution in [0, 0.1) is 0 Å². The van der Waals surface area contributed by atoms with E-state index in [1.54, 1.807) is 12.1 Å². The molecule has 1 aromatic carbocycles. The molecule has 6 nitrogen and oxygen atoms in total. The first kappa shape index (κ1) is 14.1. The zero-order chi connectivity index (χ0) is 15.4. The van der Waals surface area contributed by atoms with Crippen LogP contribution in [0.5, 0.6) is 0 Å². The summed E-state index contributed by atoms with van der Waals surface area (Å²) in [6.07, 6.45) is 2.18. The Balaban J connectivity index is 2.08. The number of rotatable bonds is 3. The number of hydrogen-bond donors (Lipinski definition) is 1. The number of nitrogens with zero attached hydrogens (tertiary/aromatic N) is 2. The second-order valence-electron chi connectivity index (χ2n) is 5.55. The fourth-order valence-corrected chi connectivity index (χ4v) is 4.45.